The van der Waals surface area contributed by atoms with Crippen LogP contribution in [-0.2, 0) is 4.79 Å². The van der Waals surface area contributed by atoms with E-state index in [1.807, 2.05) is 30.3 Å². The summed E-state index contributed by atoms with van der Waals surface area (Å²) in [5.41, 5.74) is 0. The Morgan fingerprint density at radius 1 is 1.11 bits per heavy atom. The van der Waals surface area contributed by atoms with Gasteiger partial charge in [0.1, 0.15) is 5.75 Å². The van der Waals surface area contributed by atoms with Crippen LogP contribution < -0.4 is 4.74 Å². The van der Waals surface area contributed by atoms with Gasteiger partial charge in [-0.25, -0.2) is 0 Å². The Morgan fingerprint density at radius 2 is 1.89 bits per heavy atom. The molecule has 98 valence electrons. The van der Waals surface area contributed by atoms with E-state index < -0.39 is 5.97 Å². The lowest BCUT2D eigenvalue weighted by molar-refractivity contribution is -0.141. The average molecular weight is 256 g/mol. The van der Waals surface area contributed by atoms with Crippen LogP contribution in [0.1, 0.15) is 19.3 Å². The summed E-state index contributed by atoms with van der Waals surface area (Å²) >= 11 is 0. The van der Waals surface area contributed by atoms with Crippen molar-refractivity contribution in [2.24, 2.45) is 5.92 Å². The van der Waals surface area contributed by atoms with Gasteiger partial charge in [-0.2, -0.15) is 0 Å². The highest BCUT2D eigenvalue weighted by Crippen LogP contribution is 2.32. The molecule has 0 spiro atoms. The molecule has 1 fully saturated rings. The van der Waals surface area contributed by atoms with Crippen LogP contribution in [0.4, 0.5) is 0 Å². The Bertz CT molecular complexity index is 600. The highest BCUT2D eigenvalue weighted by Gasteiger charge is 2.31. The predicted octanol–water partition coefficient (Wildman–Crippen LogP) is 3.47. The van der Waals surface area contributed by atoms with Crippen molar-refractivity contribution >= 4 is 16.7 Å². The molecule has 2 aromatic rings. The second-order valence-electron chi connectivity index (χ2n) is 5.07. The van der Waals surface area contributed by atoms with Crippen LogP contribution in [0.3, 0.4) is 0 Å². The highest BCUT2D eigenvalue weighted by atomic mass is 16.5. The Kier molecular flexibility index (Phi) is 3.11. The maximum atomic E-state index is 11.0. The minimum atomic E-state index is -0.705. The molecule has 0 aromatic heterocycles. The molecule has 0 saturated heterocycles. The molecule has 0 aliphatic heterocycles. The molecule has 1 aliphatic carbocycles. The number of ether oxygens (including phenoxy) is 1. The molecule has 1 aliphatic rings. The topological polar surface area (TPSA) is 46.5 Å². The van der Waals surface area contributed by atoms with Gasteiger partial charge >= 0.3 is 5.97 Å². The van der Waals surface area contributed by atoms with Crippen molar-refractivity contribution < 1.29 is 14.6 Å². The number of carboxylic acids is 1. The zero-order chi connectivity index (χ0) is 13.2. The van der Waals surface area contributed by atoms with Gasteiger partial charge in [0, 0.05) is 5.39 Å². The van der Waals surface area contributed by atoms with Crippen molar-refractivity contribution in [3.05, 3.63) is 42.5 Å². The summed E-state index contributed by atoms with van der Waals surface area (Å²) < 4.78 is 6.01. The van der Waals surface area contributed by atoms with Gasteiger partial charge in [0.2, 0.25) is 0 Å². The maximum absolute atomic E-state index is 11.0. The van der Waals surface area contributed by atoms with Crippen LogP contribution in [0.15, 0.2) is 42.5 Å². The van der Waals surface area contributed by atoms with Crippen molar-refractivity contribution in [1.29, 1.82) is 0 Å². The van der Waals surface area contributed by atoms with Crippen molar-refractivity contribution in [3.8, 4) is 5.75 Å². The summed E-state index contributed by atoms with van der Waals surface area (Å²) in [5, 5.41) is 11.2. The fraction of sp³-hybridized carbons (Fsp3) is 0.312. The van der Waals surface area contributed by atoms with Crippen LogP contribution in [0.2, 0.25) is 0 Å². The van der Waals surface area contributed by atoms with Crippen LogP contribution in [-0.4, -0.2) is 17.2 Å². The van der Waals surface area contributed by atoms with E-state index >= 15 is 0 Å². The normalized spacial score (nSPS) is 22.5. The number of rotatable bonds is 3. The van der Waals surface area contributed by atoms with Gasteiger partial charge in [-0.05, 0) is 30.7 Å². The summed E-state index contributed by atoms with van der Waals surface area (Å²) in [6.45, 7) is 0. The molecule has 0 heterocycles. The van der Waals surface area contributed by atoms with E-state index in [4.69, 9.17) is 9.84 Å². The van der Waals surface area contributed by atoms with Crippen molar-refractivity contribution in [1.82, 2.24) is 0 Å². The molecule has 2 aromatic carbocycles. The number of carbonyl (C=O) groups is 1. The van der Waals surface area contributed by atoms with Gasteiger partial charge in [-0.15, -0.1) is 0 Å². The van der Waals surface area contributed by atoms with E-state index in [0.717, 1.165) is 22.9 Å². The molecular weight excluding hydrogens is 240 g/mol. The summed E-state index contributed by atoms with van der Waals surface area (Å²) in [6, 6.07) is 14.1. The van der Waals surface area contributed by atoms with E-state index in [1.54, 1.807) is 0 Å². The van der Waals surface area contributed by atoms with E-state index in [-0.39, 0.29) is 12.0 Å². The number of benzene rings is 2. The Balaban J connectivity index is 1.81. The van der Waals surface area contributed by atoms with Crippen molar-refractivity contribution in [2.75, 3.05) is 0 Å². The lowest BCUT2D eigenvalue weighted by Crippen LogP contribution is -2.15. The number of fused-ring (bicyclic) bond motifs is 1. The number of aliphatic carboxylic acids is 1. The number of hydrogen-bond donors (Lipinski definition) is 1. The second kappa shape index (κ2) is 4.92. The third-order valence-corrected chi connectivity index (χ3v) is 3.78. The first-order valence-electron chi connectivity index (χ1n) is 6.61. The van der Waals surface area contributed by atoms with Gasteiger partial charge < -0.3 is 9.84 Å². The van der Waals surface area contributed by atoms with E-state index in [1.165, 1.54) is 0 Å². The minimum Gasteiger partial charge on any atom is -0.490 e. The van der Waals surface area contributed by atoms with Gasteiger partial charge in [-0.1, -0.05) is 36.4 Å². The molecule has 1 saturated carbocycles. The van der Waals surface area contributed by atoms with E-state index in [9.17, 15) is 4.79 Å². The van der Waals surface area contributed by atoms with Crippen molar-refractivity contribution in [3.63, 3.8) is 0 Å². The largest absolute Gasteiger partial charge is 0.490 e. The zero-order valence-electron chi connectivity index (χ0n) is 10.6. The lowest BCUT2D eigenvalue weighted by atomic mass is 10.1. The smallest absolute Gasteiger partial charge is 0.306 e. The van der Waals surface area contributed by atoms with Gasteiger partial charge in [-0.3, -0.25) is 4.79 Å². The molecule has 2 atom stereocenters. The number of carboxylic acid groups (broad SMARTS) is 1. The van der Waals surface area contributed by atoms with E-state index in [2.05, 4.69) is 12.1 Å². The van der Waals surface area contributed by atoms with Crippen LogP contribution >= 0.6 is 0 Å². The Morgan fingerprint density at radius 3 is 2.68 bits per heavy atom. The third kappa shape index (κ3) is 2.41. The first kappa shape index (κ1) is 12.0. The van der Waals surface area contributed by atoms with Gasteiger partial charge in [0.25, 0.3) is 0 Å². The first-order chi connectivity index (χ1) is 9.24. The van der Waals surface area contributed by atoms with Gasteiger partial charge in [0.05, 0.1) is 12.0 Å². The molecule has 19 heavy (non-hydrogen) atoms. The SMILES string of the molecule is O=C(O)C1CCC(Oc2cccc3ccccc23)C1. The predicted molar refractivity (Wildman–Crippen MR) is 73.3 cm³/mol. The summed E-state index contributed by atoms with van der Waals surface area (Å²) in [5.74, 6) is -0.0989. The molecule has 0 bridgehead atoms. The monoisotopic (exact) mass is 256 g/mol. The molecule has 3 nitrogen and oxygen atoms in total. The molecular formula is C16H16O3. The fourth-order valence-electron chi connectivity index (χ4n) is 2.75. The molecule has 3 heteroatoms. The quantitative estimate of drug-likeness (QED) is 0.914. The first-order valence-corrected chi connectivity index (χ1v) is 6.61. The van der Waals surface area contributed by atoms with E-state index in [0.29, 0.717) is 12.8 Å². The molecule has 0 radical (unpaired) electrons. The maximum Gasteiger partial charge on any atom is 0.306 e. The van der Waals surface area contributed by atoms with Crippen molar-refractivity contribution in [2.45, 2.75) is 25.4 Å². The fourth-order valence-corrected chi connectivity index (χ4v) is 2.75. The lowest BCUT2D eigenvalue weighted by Gasteiger charge is -2.15. The Labute approximate surface area is 111 Å². The molecule has 2 unspecified atom stereocenters. The van der Waals surface area contributed by atoms with Crippen LogP contribution in [0.25, 0.3) is 10.8 Å². The summed E-state index contributed by atoms with van der Waals surface area (Å²) in [6.07, 6.45) is 2.16. The summed E-state index contributed by atoms with van der Waals surface area (Å²) in [7, 11) is 0. The Hall–Kier alpha value is -2.03. The summed E-state index contributed by atoms with van der Waals surface area (Å²) in [4.78, 5) is 11.0. The minimum absolute atomic E-state index is 0.0203. The molecule has 1 N–H and O–H groups in total. The van der Waals surface area contributed by atoms with Crippen LogP contribution in [0.5, 0.6) is 5.75 Å². The molecule has 0 amide bonds. The number of hydrogen-bond acceptors (Lipinski definition) is 2. The second-order valence-corrected chi connectivity index (χ2v) is 5.07. The van der Waals surface area contributed by atoms with Crippen LogP contribution in [0, 0.1) is 5.92 Å². The van der Waals surface area contributed by atoms with Gasteiger partial charge in [0.15, 0.2) is 0 Å². The average Bonchev–Trinajstić information content (AvgIpc) is 2.88. The standard InChI is InChI=1S/C16H16O3/c17-16(18)12-8-9-13(10-12)19-15-7-3-5-11-4-1-2-6-14(11)15/h1-7,12-13H,8-10H2,(H,17,18). The zero-order valence-corrected chi connectivity index (χ0v) is 10.6. The highest BCUT2D eigenvalue weighted by molar-refractivity contribution is 5.88. The third-order valence-electron chi connectivity index (χ3n) is 3.78. The molecule has 3 rings (SSSR count).